The zero-order chi connectivity index (χ0) is 21.8. The van der Waals surface area contributed by atoms with Crippen molar-refractivity contribution in [2.24, 2.45) is 0 Å². The van der Waals surface area contributed by atoms with Crippen LogP contribution in [0.15, 0.2) is 72.9 Å². The van der Waals surface area contributed by atoms with Crippen molar-refractivity contribution in [1.82, 2.24) is 4.98 Å². The van der Waals surface area contributed by atoms with E-state index < -0.39 is 5.97 Å². The molecule has 2 unspecified atom stereocenters. The fourth-order valence-corrected chi connectivity index (χ4v) is 4.87. The maximum atomic E-state index is 13.8. The lowest BCUT2D eigenvalue weighted by Crippen LogP contribution is -2.58. The van der Waals surface area contributed by atoms with Gasteiger partial charge in [0.15, 0.2) is 0 Å². The number of pyridine rings is 1. The molecule has 1 aliphatic heterocycles. The molecule has 0 aliphatic carbocycles. The molecule has 4 rings (SSSR count). The number of aryl methyl sites for hydroxylation is 1. The van der Waals surface area contributed by atoms with E-state index in [4.69, 9.17) is 0 Å². The van der Waals surface area contributed by atoms with E-state index in [2.05, 4.69) is 36.2 Å². The van der Waals surface area contributed by atoms with E-state index in [1.54, 1.807) is 6.20 Å². The Morgan fingerprint density at radius 3 is 2.48 bits per heavy atom. The fourth-order valence-electron chi connectivity index (χ4n) is 4.87. The second-order valence-corrected chi connectivity index (χ2v) is 8.23. The first-order chi connectivity index (χ1) is 15.0. The van der Waals surface area contributed by atoms with Crippen molar-refractivity contribution in [2.75, 3.05) is 6.54 Å². The van der Waals surface area contributed by atoms with Crippen molar-refractivity contribution in [3.05, 3.63) is 101 Å². The van der Waals surface area contributed by atoms with Crippen molar-refractivity contribution in [2.45, 2.75) is 38.8 Å². The molecule has 1 aliphatic rings. The summed E-state index contributed by atoms with van der Waals surface area (Å²) in [4.78, 5) is 29.6. The first-order valence-corrected chi connectivity index (χ1v) is 10.7. The maximum absolute atomic E-state index is 13.8. The third kappa shape index (κ3) is 4.14. The van der Waals surface area contributed by atoms with Gasteiger partial charge < -0.3 is 5.11 Å². The number of fused-ring (bicyclic) bond motifs is 1. The molecule has 0 spiro atoms. The van der Waals surface area contributed by atoms with E-state index in [-0.39, 0.29) is 29.3 Å². The summed E-state index contributed by atoms with van der Waals surface area (Å²) in [5.74, 6) is -0.997. The Bertz CT molecular complexity index is 1080. The molecular weight excluding hydrogens is 388 g/mol. The minimum Gasteiger partial charge on any atom is -0.481 e. The third-order valence-corrected chi connectivity index (χ3v) is 6.33. The fraction of sp³-hybridized carbons (Fsp3) is 0.269. The number of rotatable bonds is 6. The number of hydrogen-bond acceptors (Lipinski definition) is 3. The van der Waals surface area contributed by atoms with Crippen LogP contribution in [0.5, 0.6) is 0 Å². The molecule has 0 saturated heterocycles. The van der Waals surface area contributed by atoms with Gasteiger partial charge in [0.1, 0.15) is 12.6 Å². The van der Waals surface area contributed by atoms with E-state index in [1.807, 2.05) is 42.5 Å². The molecule has 2 atom stereocenters. The van der Waals surface area contributed by atoms with Gasteiger partial charge in [0.05, 0.1) is 25.1 Å². The number of carbonyl (C=O) groups is 2. The summed E-state index contributed by atoms with van der Waals surface area (Å²) in [7, 11) is 0. The van der Waals surface area contributed by atoms with Crippen LogP contribution < -0.4 is 0 Å². The number of quaternary nitrogens is 1. The molecular formula is C26H27N2O3+. The molecule has 0 radical (unpaired) electrons. The van der Waals surface area contributed by atoms with Crippen LogP contribution in [0.3, 0.4) is 0 Å². The van der Waals surface area contributed by atoms with Crippen LogP contribution in [0.4, 0.5) is 0 Å². The number of aliphatic carboxylic acids is 1. The zero-order valence-corrected chi connectivity index (χ0v) is 17.7. The molecule has 0 saturated carbocycles. The number of carboxylic acids is 1. The van der Waals surface area contributed by atoms with Crippen LogP contribution in [-0.4, -0.2) is 33.0 Å². The number of carbonyl (C=O) groups excluding carboxylic acids is 1. The monoisotopic (exact) mass is 415 g/mol. The topological polar surface area (TPSA) is 67.3 Å². The van der Waals surface area contributed by atoms with Gasteiger partial charge >= 0.3 is 11.9 Å². The maximum Gasteiger partial charge on any atom is 0.315 e. The van der Waals surface area contributed by atoms with Crippen molar-refractivity contribution >= 4 is 11.9 Å². The minimum atomic E-state index is -0.950. The van der Waals surface area contributed by atoms with Crippen molar-refractivity contribution < 1.29 is 19.2 Å². The highest BCUT2D eigenvalue weighted by atomic mass is 16.4. The number of benzene rings is 2. The van der Waals surface area contributed by atoms with E-state index >= 15 is 0 Å². The smallest absolute Gasteiger partial charge is 0.315 e. The molecule has 0 fully saturated rings. The van der Waals surface area contributed by atoms with Crippen LogP contribution >= 0.6 is 0 Å². The summed E-state index contributed by atoms with van der Waals surface area (Å²) in [6.07, 6.45) is 2.36. The van der Waals surface area contributed by atoms with Crippen LogP contribution in [-0.2, 0) is 22.6 Å². The van der Waals surface area contributed by atoms with Crippen LogP contribution in [0.1, 0.15) is 46.8 Å². The van der Waals surface area contributed by atoms with E-state index in [0.717, 1.165) is 23.2 Å². The van der Waals surface area contributed by atoms with E-state index in [9.17, 15) is 14.7 Å². The van der Waals surface area contributed by atoms with Gasteiger partial charge in [-0.05, 0) is 30.2 Å². The molecule has 2 heterocycles. The quantitative estimate of drug-likeness (QED) is 0.604. The normalized spacial score (nSPS) is 20.1. The minimum absolute atomic E-state index is 0.00660. The molecule has 158 valence electrons. The Balaban J connectivity index is 1.90. The highest BCUT2D eigenvalue weighted by Crippen LogP contribution is 2.43. The number of aromatic nitrogens is 1. The molecule has 31 heavy (non-hydrogen) atoms. The molecule has 0 bridgehead atoms. The molecule has 5 heteroatoms. The summed E-state index contributed by atoms with van der Waals surface area (Å²) < 4.78 is 0.157. The first-order valence-electron chi connectivity index (χ1n) is 10.7. The molecule has 1 amide bonds. The summed E-state index contributed by atoms with van der Waals surface area (Å²) in [5, 5.41) is 9.24. The Morgan fingerprint density at radius 2 is 1.77 bits per heavy atom. The first kappa shape index (κ1) is 20.9. The summed E-state index contributed by atoms with van der Waals surface area (Å²) in [6, 6.07) is 21.9. The van der Waals surface area contributed by atoms with Crippen LogP contribution in [0.2, 0.25) is 0 Å². The van der Waals surface area contributed by atoms with Crippen molar-refractivity contribution in [3.63, 3.8) is 0 Å². The SMILES string of the molecule is Cc1cccc2c1CC[N+](Cc1ccccn1)(C(=O)CCC(=O)O)C2c1ccccc1. The zero-order valence-electron chi connectivity index (χ0n) is 17.7. The van der Waals surface area contributed by atoms with Crippen molar-refractivity contribution in [1.29, 1.82) is 0 Å². The number of nitrogens with zero attached hydrogens (tertiary/aromatic N) is 2. The lowest BCUT2D eigenvalue weighted by atomic mass is 9.83. The van der Waals surface area contributed by atoms with Crippen LogP contribution in [0, 0.1) is 6.92 Å². The third-order valence-electron chi connectivity index (χ3n) is 6.33. The summed E-state index contributed by atoms with van der Waals surface area (Å²) >= 11 is 0. The van der Waals surface area contributed by atoms with Gasteiger partial charge in [-0.3, -0.25) is 9.78 Å². The Morgan fingerprint density at radius 1 is 1.00 bits per heavy atom. The Labute approximate surface area is 182 Å². The molecule has 3 aromatic rings. The second-order valence-electron chi connectivity index (χ2n) is 8.23. The Kier molecular flexibility index (Phi) is 5.96. The molecule has 2 aromatic carbocycles. The summed E-state index contributed by atoms with van der Waals surface area (Å²) in [5.41, 5.74) is 5.57. The highest BCUT2D eigenvalue weighted by molar-refractivity contribution is 5.77. The van der Waals surface area contributed by atoms with E-state index in [1.165, 1.54) is 11.1 Å². The predicted molar refractivity (Wildman–Crippen MR) is 118 cm³/mol. The second kappa shape index (κ2) is 8.82. The standard InChI is InChI=1S/C26H26N2O3/c1-19-8-7-12-23-22(19)15-17-28(24(29)13-14-25(30)31,18-21-11-5-6-16-27-21)26(23)20-9-3-2-4-10-20/h2-12,16,26H,13-15,17-18H2,1H3/p+1. The van der Waals surface area contributed by atoms with Gasteiger partial charge in [-0.1, -0.05) is 54.6 Å². The van der Waals surface area contributed by atoms with Crippen molar-refractivity contribution in [3.8, 4) is 0 Å². The number of hydrogen-bond donors (Lipinski definition) is 1. The number of carboxylic acid groups (broad SMARTS) is 1. The highest BCUT2D eigenvalue weighted by Gasteiger charge is 2.49. The summed E-state index contributed by atoms with van der Waals surface area (Å²) in [6.45, 7) is 3.17. The lowest BCUT2D eigenvalue weighted by molar-refractivity contribution is -0.895. The van der Waals surface area contributed by atoms with Crippen LogP contribution in [0.25, 0.3) is 0 Å². The van der Waals surface area contributed by atoms with Gasteiger partial charge in [0, 0.05) is 23.7 Å². The molecule has 1 N–H and O–H groups in total. The van der Waals surface area contributed by atoms with Gasteiger partial charge in [-0.25, -0.2) is 9.28 Å². The number of amides is 1. The predicted octanol–water partition coefficient (Wildman–Crippen LogP) is 4.44. The van der Waals surface area contributed by atoms with Gasteiger partial charge in [0.2, 0.25) is 0 Å². The Hall–Kier alpha value is -3.31. The average Bonchev–Trinajstić information content (AvgIpc) is 2.78. The average molecular weight is 416 g/mol. The van der Waals surface area contributed by atoms with Gasteiger partial charge in [-0.15, -0.1) is 0 Å². The molecule has 5 nitrogen and oxygen atoms in total. The van der Waals surface area contributed by atoms with E-state index in [0.29, 0.717) is 13.1 Å². The lowest BCUT2D eigenvalue weighted by Gasteiger charge is -2.46. The van der Waals surface area contributed by atoms with Gasteiger partial charge in [-0.2, -0.15) is 0 Å². The largest absolute Gasteiger partial charge is 0.481 e. The molecule has 1 aromatic heterocycles. The van der Waals surface area contributed by atoms with Gasteiger partial charge in [0.25, 0.3) is 0 Å².